The molecule has 2 aliphatic heterocycles. The van der Waals surface area contributed by atoms with Crippen LogP contribution in [0.15, 0.2) is 24.3 Å². The van der Waals surface area contributed by atoms with E-state index < -0.39 is 0 Å². The Morgan fingerprint density at radius 2 is 2.17 bits per heavy atom. The Balaban J connectivity index is 1.50. The number of morpholine rings is 1. The number of hydrogen-bond acceptors (Lipinski definition) is 5. The predicted molar refractivity (Wildman–Crippen MR) is 89.0 cm³/mol. The molecule has 0 saturated carbocycles. The van der Waals surface area contributed by atoms with E-state index in [1.807, 2.05) is 23.1 Å². The molecule has 1 atom stereocenters. The second kappa shape index (κ2) is 7.66. The first kappa shape index (κ1) is 16.1. The minimum absolute atomic E-state index is 0.0210. The molecule has 0 aliphatic carbocycles. The summed E-state index contributed by atoms with van der Waals surface area (Å²) in [7, 11) is 1.68. The summed E-state index contributed by atoms with van der Waals surface area (Å²) in [4.78, 5) is 16.6. The molecule has 2 heterocycles. The van der Waals surface area contributed by atoms with Gasteiger partial charge in [-0.15, -0.1) is 0 Å². The zero-order valence-electron chi connectivity index (χ0n) is 13.7. The Labute approximate surface area is 137 Å². The van der Waals surface area contributed by atoms with Crippen molar-refractivity contribution < 1.29 is 14.3 Å². The lowest BCUT2D eigenvalue weighted by molar-refractivity contribution is -0.135. The van der Waals surface area contributed by atoms with Gasteiger partial charge in [-0.05, 0) is 12.1 Å². The standard InChI is InChI=1S/C17H25N3O3/c1-22-15-4-2-3-14(11-15)19-6-8-20(9-7-19)17(21)12-16-13-18-5-10-23-16/h2-4,11,16,18H,5-10,12-13H2,1H3. The Morgan fingerprint density at radius 3 is 2.87 bits per heavy atom. The molecule has 2 saturated heterocycles. The first-order valence-corrected chi connectivity index (χ1v) is 8.25. The molecule has 1 N–H and O–H groups in total. The number of hydrogen-bond donors (Lipinski definition) is 1. The van der Waals surface area contributed by atoms with Crippen LogP contribution in [0, 0.1) is 0 Å². The maximum atomic E-state index is 12.4. The minimum Gasteiger partial charge on any atom is -0.497 e. The summed E-state index contributed by atoms with van der Waals surface area (Å²) in [6.45, 7) is 5.57. The molecule has 1 aromatic rings. The molecular formula is C17H25N3O3. The van der Waals surface area contributed by atoms with Gasteiger partial charge in [0, 0.05) is 51.0 Å². The summed E-state index contributed by atoms with van der Waals surface area (Å²) in [5.41, 5.74) is 1.15. The SMILES string of the molecule is COc1cccc(N2CCN(C(=O)CC3CNCCO3)CC2)c1. The number of carbonyl (C=O) groups excluding carboxylic acids is 1. The first-order valence-electron chi connectivity index (χ1n) is 8.25. The second-order valence-electron chi connectivity index (χ2n) is 5.97. The van der Waals surface area contributed by atoms with E-state index in [2.05, 4.69) is 16.3 Å². The first-order chi connectivity index (χ1) is 11.3. The van der Waals surface area contributed by atoms with Crippen molar-refractivity contribution in [3.8, 4) is 5.75 Å². The van der Waals surface area contributed by atoms with Gasteiger partial charge < -0.3 is 24.6 Å². The summed E-state index contributed by atoms with van der Waals surface area (Å²) in [6.07, 6.45) is 0.499. The van der Waals surface area contributed by atoms with Crippen molar-refractivity contribution in [2.24, 2.45) is 0 Å². The number of nitrogens with one attached hydrogen (secondary N) is 1. The van der Waals surface area contributed by atoms with E-state index in [0.29, 0.717) is 13.0 Å². The van der Waals surface area contributed by atoms with E-state index in [1.54, 1.807) is 7.11 Å². The zero-order valence-corrected chi connectivity index (χ0v) is 13.7. The molecule has 1 unspecified atom stereocenters. The molecule has 0 aromatic heterocycles. The number of methoxy groups -OCH3 is 1. The molecule has 3 rings (SSSR count). The molecule has 6 nitrogen and oxygen atoms in total. The van der Waals surface area contributed by atoms with Crippen LogP contribution in [0.1, 0.15) is 6.42 Å². The van der Waals surface area contributed by atoms with Gasteiger partial charge in [-0.3, -0.25) is 4.79 Å². The van der Waals surface area contributed by atoms with Crippen molar-refractivity contribution >= 4 is 11.6 Å². The van der Waals surface area contributed by atoms with Crippen LogP contribution < -0.4 is 15.0 Å². The van der Waals surface area contributed by atoms with Crippen LogP contribution in [0.2, 0.25) is 0 Å². The van der Waals surface area contributed by atoms with Gasteiger partial charge in [0.25, 0.3) is 0 Å². The highest BCUT2D eigenvalue weighted by Crippen LogP contribution is 2.22. The molecule has 126 valence electrons. The van der Waals surface area contributed by atoms with Crippen molar-refractivity contribution in [3.63, 3.8) is 0 Å². The average Bonchev–Trinajstić information content (AvgIpc) is 2.63. The van der Waals surface area contributed by atoms with Crippen LogP contribution in [0.3, 0.4) is 0 Å². The molecule has 2 aliphatic rings. The highest BCUT2D eigenvalue weighted by molar-refractivity contribution is 5.77. The topological polar surface area (TPSA) is 54.0 Å². The van der Waals surface area contributed by atoms with Crippen LogP contribution in [0.4, 0.5) is 5.69 Å². The monoisotopic (exact) mass is 319 g/mol. The average molecular weight is 319 g/mol. The van der Waals surface area contributed by atoms with Gasteiger partial charge in [0.1, 0.15) is 5.75 Å². The summed E-state index contributed by atoms with van der Waals surface area (Å²) in [5.74, 6) is 1.06. The number of nitrogens with zero attached hydrogens (tertiary/aromatic N) is 2. The fourth-order valence-electron chi connectivity index (χ4n) is 3.10. The van der Waals surface area contributed by atoms with Gasteiger partial charge in [-0.1, -0.05) is 6.07 Å². The second-order valence-corrected chi connectivity index (χ2v) is 5.97. The summed E-state index contributed by atoms with van der Waals surface area (Å²) >= 11 is 0. The van der Waals surface area contributed by atoms with Crippen LogP contribution in [-0.2, 0) is 9.53 Å². The quantitative estimate of drug-likeness (QED) is 0.886. The smallest absolute Gasteiger partial charge is 0.225 e. The Hall–Kier alpha value is -1.79. The van der Waals surface area contributed by atoms with Crippen LogP contribution in [0.25, 0.3) is 0 Å². The van der Waals surface area contributed by atoms with E-state index in [1.165, 1.54) is 0 Å². The van der Waals surface area contributed by atoms with Gasteiger partial charge in [-0.2, -0.15) is 0 Å². The van der Waals surface area contributed by atoms with Gasteiger partial charge in [0.15, 0.2) is 0 Å². The van der Waals surface area contributed by atoms with Gasteiger partial charge in [0.05, 0.1) is 26.2 Å². The molecule has 0 radical (unpaired) electrons. The number of amides is 1. The Kier molecular flexibility index (Phi) is 5.35. The number of carbonyl (C=O) groups is 1. The summed E-state index contributed by atoms with van der Waals surface area (Å²) in [5, 5.41) is 3.27. The Bertz CT molecular complexity index is 524. The number of rotatable bonds is 4. The van der Waals surface area contributed by atoms with E-state index in [9.17, 15) is 4.79 Å². The summed E-state index contributed by atoms with van der Waals surface area (Å²) in [6, 6.07) is 8.07. The lowest BCUT2D eigenvalue weighted by Crippen LogP contribution is -2.50. The van der Waals surface area contributed by atoms with Crippen molar-refractivity contribution in [2.75, 3.05) is 57.9 Å². The van der Waals surface area contributed by atoms with E-state index in [0.717, 1.165) is 50.7 Å². The fourth-order valence-corrected chi connectivity index (χ4v) is 3.10. The van der Waals surface area contributed by atoms with E-state index in [4.69, 9.17) is 9.47 Å². The van der Waals surface area contributed by atoms with Crippen LogP contribution in [-0.4, -0.2) is 69.9 Å². The zero-order chi connectivity index (χ0) is 16.1. The molecule has 6 heteroatoms. The predicted octanol–water partition coefficient (Wildman–Crippen LogP) is 0.722. The van der Waals surface area contributed by atoms with Gasteiger partial charge in [0.2, 0.25) is 5.91 Å². The lowest BCUT2D eigenvalue weighted by atomic mass is 10.2. The molecule has 1 aromatic carbocycles. The van der Waals surface area contributed by atoms with Crippen molar-refractivity contribution in [1.29, 1.82) is 0 Å². The molecule has 0 bridgehead atoms. The molecule has 0 spiro atoms. The summed E-state index contributed by atoms with van der Waals surface area (Å²) < 4.78 is 10.9. The Morgan fingerprint density at radius 1 is 1.35 bits per heavy atom. The van der Waals surface area contributed by atoms with Crippen molar-refractivity contribution in [2.45, 2.75) is 12.5 Å². The third-order valence-corrected chi connectivity index (χ3v) is 4.46. The third kappa shape index (κ3) is 4.14. The molecular weight excluding hydrogens is 294 g/mol. The highest BCUT2D eigenvalue weighted by Gasteiger charge is 2.25. The lowest BCUT2D eigenvalue weighted by Gasteiger charge is -2.37. The third-order valence-electron chi connectivity index (χ3n) is 4.46. The largest absolute Gasteiger partial charge is 0.497 e. The number of ether oxygens (including phenoxy) is 2. The maximum Gasteiger partial charge on any atom is 0.225 e. The molecule has 23 heavy (non-hydrogen) atoms. The number of anilines is 1. The fraction of sp³-hybridized carbons (Fsp3) is 0.588. The van der Waals surface area contributed by atoms with Crippen molar-refractivity contribution in [1.82, 2.24) is 10.2 Å². The maximum absolute atomic E-state index is 12.4. The van der Waals surface area contributed by atoms with E-state index in [-0.39, 0.29) is 12.0 Å². The minimum atomic E-state index is 0.0210. The van der Waals surface area contributed by atoms with Crippen LogP contribution in [0.5, 0.6) is 5.75 Å². The van der Waals surface area contributed by atoms with Gasteiger partial charge >= 0.3 is 0 Å². The normalized spacial score (nSPS) is 22.0. The van der Waals surface area contributed by atoms with Crippen molar-refractivity contribution in [3.05, 3.63) is 24.3 Å². The number of benzene rings is 1. The highest BCUT2D eigenvalue weighted by atomic mass is 16.5. The molecule has 2 fully saturated rings. The van der Waals surface area contributed by atoms with Crippen LogP contribution >= 0.6 is 0 Å². The molecule has 1 amide bonds. The number of piperazine rings is 1. The van der Waals surface area contributed by atoms with Gasteiger partial charge in [-0.25, -0.2) is 0 Å². The van der Waals surface area contributed by atoms with E-state index >= 15 is 0 Å².